The van der Waals surface area contributed by atoms with Crippen molar-refractivity contribution in [3.05, 3.63) is 35.0 Å². The molecular formula is C16H25NO2S. The van der Waals surface area contributed by atoms with Crippen LogP contribution in [0.5, 0.6) is 0 Å². The van der Waals surface area contributed by atoms with Crippen LogP contribution in [0.2, 0.25) is 0 Å². The van der Waals surface area contributed by atoms with Gasteiger partial charge in [0.25, 0.3) is 0 Å². The lowest BCUT2D eigenvalue weighted by atomic mass is 10.0. The molecule has 2 atom stereocenters. The maximum absolute atomic E-state index is 11.3. The highest BCUT2D eigenvalue weighted by molar-refractivity contribution is 7.07. The molecule has 0 unspecified atom stereocenters. The van der Waals surface area contributed by atoms with Crippen molar-refractivity contribution in [3.8, 4) is 0 Å². The number of hydrogen-bond acceptors (Lipinski definition) is 3. The molecule has 0 spiro atoms. The quantitative estimate of drug-likeness (QED) is 0.525. The van der Waals surface area contributed by atoms with Crippen LogP contribution in [-0.4, -0.2) is 18.1 Å². The summed E-state index contributed by atoms with van der Waals surface area (Å²) < 4.78 is 6.01. The summed E-state index contributed by atoms with van der Waals surface area (Å²) in [4.78, 5) is 11.3. The lowest BCUT2D eigenvalue weighted by Gasteiger charge is -2.25. The molecule has 0 fully saturated rings. The highest BCUT2D eigenvalue weighted by Gasteiger charge is 2.20. The molecule has 4 heteroatoms. The van der Waals surface area contributed by atoms with Crippen molar-refractivity contribution in [1.29, 1.82) is 0 Å². The van der Waals surface area contributed by atoms with Crippen LogP contribution in [0.1, 0.15) is 45.1 Å². The van der Waals surface area contributed by atoms with E-state index in [1.165, 1.54) is 25.3 Å². The molecular weight excluding hydrogens is 270 g/mol. The van der Waals surface area contributed by atoms with Crippen molar-refractivity contribution in [3.63, 3.8) is 0 Å². The van der Waals surface area contributed by atoms with Crippen LogP contribution in [0.25, 0.3) is 0 Å². The first-order valence-corrected chi connectivity index (χ1v) is 8.14. The average molecular weight is 295 g/mol. The standard InChI is InChI=1S/C16H25NO2S/c1-4-6-7-8-16(15(5-2)17-13(3)18)19-11-14-9-10-20-12-14/h5,9-10,12,15-16H,2,4,6-8,11H2,1,3H3,(H,17,18)/t15-,16+/m0/s1. The Hall–Kier alpha value is -1.13. The number of amides is 1. The number of hydrogen-bond donors (Lipinski definition) is 1. The maximum atomic E-state index is 11.3. The SMILES string of the molecule is C=C[C@H](NC(C)=O)[C@@H](CCCCC)OCc1ccsc1. The summed E-state index contributed by atoms with van der Waals surface area (Å²) in [7, 11) is 0. The van der Waals surface area contributed by atoms with Gasteiger partial charge in [-0.1, -0.05) is 32.3 Å². The Labute approximate surface area is 126 Å². The van der Waals surface area contributed by atoms with E-state index < -0.39 is 0 Å². The van der Waals surface area contributed by atoms with E-state index in [9.17, 15) is 4.79 Å². The predicted molar refractivity (Wildman–Crippen MR) is 84.8 cm³/mol. The Kier molecular flexibility index (Phi) is 8.23. The van der Waals surface area contributed by atoms with Crippen molar-refractivity contribution in [2.45, 2.75) is 58.3 Å². The van der Waals surface area contributed by atoms with Gasteiger partial charge in [0.2, 0.25) is 5.91 Å². The number of unbranched alkanes of at least 4 members (excludes halogenated alkanes) is 2. The van der Waals surface area contributed by atoms with Crippen molar-refractivity contribution < 1.29 is 9.53 Å². The highest BCUT2D eigenvalue weighted by Crippen LogP contribution is 2.15. The van der Waals surface area contributed by atoms with E-state index in [-0.39, 0.29) is 18.1 Å². The molecule has 0 bridgehead atoms. The third-order valence-electron chi connectivity index (χ3n) is 3.16. The van der Waals surface area contributed by atoms with Crippen molar-refractivity contribution in [2.24, 2.45) is 0 Å². The third-order valence-corrected chi connectivity index (χ3v) is 3.89. The smallest absolute Gasteiger partial charge is 0.217 e. The maximum Gasteiger partial charge on any atom is 0.217 e. The van der Waals surface area contributed by atoms with Gasteiger partial charge in [0.15, 0.2) is 0 Å². The second-order valence-electron chi connectivity index (χ2n) is 4.94. The first-order valence-electron chi connectivity index (χ1n) is 7.19. The summed E-state index contributed by atoms with van der Waals surface area (Å²) in [5.74, 6) is -0.0467. The molecule has 3 nitrogen and oxygen atoms in total. The molecule has 0 radical (unpaired) electrons. The fourth-order valence-corrected chi connectivity index (χ4v) is 2.73. The lowest BCUT2D eigenvalue weighted by molar-refractivity contribution is -0.120. The molecule has 0 saturated carbocycles. The zero-order valence-corrected chi connectivity index (χ0v) is 13.2. The van der Waals surface area contributed by atoms with E-state index in [2.05, 4.69) is 30.3 Å². The number of rotatable bonds is 10. The summed E-state index contributed by atoms with van der Waals surface area (Å²) in [6, 6.07) is 1.94. The molecule has 0 saturated heterocycles. The minimum Gasteiger partial charge on any atom is -0.371 e. The van der Waals surface area contributed by atoms with Gasteiger partial charge in [-0.2, -0.15) is 11.3 Å². The van der Waals surface area contributed by atoms with Gasteiger partial charge in [-0.25, -0.2) is 0 Å². The monoisotopic (exact) mass is 295 g/mol. The summed E-state index contributed by atoms with van der Waals surface area (Å²) in [5, 5.41) is 7.04. The molecule has 1 rings (SSSR count). The second kappa shape index (κ2) is 9.72. The van der Waals surface area contributed by atoms with Gasteiger partial charge in [-0.05, 0) is 28.8 Å². The minimum atomic E-state index is -0.122. The molecule has 1 aromatic rings. The molecule has 1 heterocycles. The number of nitrogens with one attached hydrogen (secondary N) is 1. The van der Waals surface area contributed by atoms with E-state index in [1.54, 1.807) is 17.4 Å². The molecule has 0 aliphatic carbocycles. The molecule has 0 aliphatic heterocycles. The van der Waals surface area contributed by atoms with Crippen LogP contribution >= 0.6 is 11.3 Å². The van der Waals surface area contributed by atoms with Gasteiger partial charge in [0.05, 0.1) is 18.8 Å². The summed E-state index contributed by atoms with van der Waals surface area (Å²) in [6.45, 7) is 8.11. The molecule has 1 N–H and O–H groups in total. The Morgan fingerprint density at radius 1 is 1.55 bits per heavy atom. The van der Waals surface area contributed by atoms with Crippen molar-refractivity contribution >= 4 is 17.2 Å². The van der Waals surface area contributed by atoms with Gasteiger partial charge in [-0.3, -0.25) is 4.79 Å². The van der Waals surface area contributed by atoms with Crippen LogP contribution in [0.4, 0.5) is 0 Å². The normalized spacial score (nSPS) is 13.7. The predicted octanol–water partition coefficient (Wildman–Crippen LogP) is 3.90. The first kappa shape index (κ1) is 16.9. The Bertz CT molecular complexity index is 389. The third kappa shape index (κ3) is 6.35. The average Bonchev–Trinajstić information content (AvgIpc) is 2.93. The molecule has 20 heavy (non-hydrogen) atoms. The second-order valence-corrected chi connectivity index (χ2v) is 5.72. The van der Waals surface area contributed by atoms with Gasteiger partial charge < -0.3 is 10.1 Å². The fourth-order valence-electron chi connectivity index (χ4n) is 2.08. The van der Waals surface area contributed by atoms with Gasteiger partial charge in [0.1, 0.15) is 0 Å². The molecule has 1 amide bonds. The Morgan fingerprint density at radius 3 is 2.90 bits per heavy atom. The highest BCUT2D eigenvalue weighted by atomic mass is 32.1. The molecule has 112 valence electrons. The minimum absolute atomic E-state index is 0.0113. The first-order chi connectivity index (χ1) is 9.67. The van der Waals surface area contributed by atoms with Crippen LogP contribution in [-0.2, 0) is 16.1 Å². The molecule has 0 aliphatic rings. The summed E-state index contributed by atoms with van der Waals surface area (Å²) in [5.41, 5.74) is 1.18. The van der Waals surface area contributed by atoms with Crippen molar-refractivity contribution in [2.75, 3.05) is 0 Å². The van der Waals surface area contributed by atoms with E-state index in [0.29, 0.717) is 6.61 Å². The number of carbonyl (C=O) groups excluding carboxylic acids is 1. The van der Waals surface area contributed by atoms with Crippen LogP contribution in [0.15, 0.2) is 29.5 Å². The zero-order chi connectivity index (χ0) is 14.8. The van der Waals surface area contributed by atoms with Crippen LogP contribution < -0.4 is 5.32 Å². The summed E-state index contributed by atoms with van der Waals surface area (Å²) >= 11 is 1.67. The Morgan fingerprint density at radius 2 is 2.35 bits per heavy atom. The molecule has 1 aromatic heterocycles. The summed E-state index contributed by atoms with van der Waals surface area (Å²) in [6.07, 6.45) is 6.16. The van der Waals surface area contributed by atoms with Crippen molar-refractivity contribution in [1.82, 2.24) is 5.32 Å². The van der Waals surface area contributed by atoms with Crippen LogP contribution in [0, 0.1) is 0 Å². The van der Waals surface area contributed by atoms with E-state index in [4.69, 9.17) is 4.74 Å². The zero-order valence-electron chi connectivity index (χ0n) is 12.4. The number of thiophene rings is 1. The van der Waals surface area contributed by atoms with E-state index >= 15 is 0 Å². The lowest BCUT2D eigenvalue weighted by Crippen LogP contribution is -2.42. The fraction of sp³-hybridized carbons (Fsp3) is 0.562. The molecule has 0 aromatic carbocycles. The van der Waals surface area contributed by atoms with Gasteiger partial charge in [0, 0.05) is 6.92 Å². The topological polar surface area (TPSA) is 38.3 Å². The number of ether oxygens (including phenoxy) is 1. The van der Waals surface area contributed by atoms with Gasteiger partial charge >= 0.3 is 0 Å². The Balaban J connectivity index is 2.56. The number of carbonyl (C=O) groups is 1. The van der Waals surface area contributed by atoms with Crippen LogP contribution in [0.3, 0.4) is 0 Å². The largest absolute Gasteiger partial charge is 0.371 e. The van der Waals surface area contributed by atoms with E-state index in [1.807, 2.05) is 5.38 Å². The van der Waals surface area contributed by atoms with E-state index in [0.717, 1.165) is 12.8 Å². The van der Waals surface area contributed by atoms with Gasteiger partial charge in [-0.15, -0.1) is 6.58 Å².